The molecule has 27 heavy (non-hydrogen) atoms. The fourth-order valence-electron chi connectivity index (χ4n) is 3.58. The maximum Gasteiger partial charge on any atom is 0.270 e. The van der Waals surface area contributed by atoms with Crippen molar-refractivity contribution in [2.45, 2.75) is 19.8 Å². The molecular formula is C19H24N2O5S. The summed E-state index contributed by atoms with van der Waals surface area (Å²) >= 11 is 0. The second-order valence-electron chi connectivity index (χ2n) is 6.50. The summed E-state index contributed by atoms with van der Waals surface area (Å²) in [5.41, 5.74) is 1.50. The largest absolute Gasteiger partial charge is 0.493 e. The van der Waals surface area contributed by atoms with Crippen molar-refractivity contribution in [2.24, 2.45) is 0 Å². The van der Waals surface area contributed by atoms with E-state index in [4.69, 9.17) is 9.47 Å². The Kier molecular flexibility index (Phi) is 5.19. The molecule has 0 N–H and O–H groups in total. The molecule has 2 heterocycles. The van der Waals surface area contributed by atoms with Gasteiger partial charge in [0.2, 0.25) is 0 Å². The summed E-state index contributed by atoms with van der Waals surface area (Å²) in [7, 11) is -1.01. The van der Waals surface area contributed by atoms with Gasteiger partial charge in [0.05, 0.1) is 26.5 Å². The maximum absolute atomic E-state index is 13.3. The number of allylic oxidation sites excluding steroid dienone is 1. The Morgan fingerprint density at radius 1 is 1.19 bits per heavy atom. The van der Waals surface area contributed by atoms with E-state index in [0.717, 1.165) is 12.8 Å². The predicted molar refractivity (Wildman–Crippen MR) is 104 cm³/mol. The minimum atomic E-state index is -4.02. The van der Waals surface area contributed by atoms with Gasteiger partial charge in [0.1, 0.15) is 0 Å². The van der Waals surface area contributed by atoms with Gasteiger partial charge in [-0.05, 0) is 31.4 Å². The van der Waals surface area contributed by atoms with Crippen LogP contribution in [0.4, 0.5) is 5.69 Å². The van der Waals surface area contributed by atoms with Crippen molar-refractivity contribution in [3.8, 4) is 11.5 Å². The number of hydrogen-bond donors (Lipinski definition) is 0. The van der Waals surface area contributed by atoms with E-state index < -0.39 is 15.9 Å². The number of carbonyl (C=O) groups is 1. The number of benzene rings is 1. The second-order valence-corrected chi connectivity index (χ2v) is 8.30. The van der Waals surface area contributed by atoms with Crippen LogP contribution in [0, 0.1) is 0 Å². The molecular weight excluding hydrogens is 368 g/mol. The summed E-state index contributed by atoms with van der Waals surface area (Å²) in [5.74, 6) is 0.448. The molecule has 1 saturated heterocycles. The van der Waals surface area contributed by atoms with Gasteiger partial charge in [-0.1, -0.05) is 6.08 Å². The average molecular weight is 392 g/mol. The van der Waals surface area contributed by atoms with E-state index in [2.05, 4.69) is 6.58 Å². The Hall–Kier alpha value is -2.48. The smallest absolute Gasteiger partial charge is 0.270 e. The van der Waals surface area contributed by atoms with Gasteiger partial charge >= 0.3 is 0 Å². The quantitative estimate of drug-likeness (QED) is 0.719. The fourth-order valence-corrected chi connectivity index (χ4v) is 5.36. The van der Waals surface area contributed by atoms with Gasteiger partial charge in [-0.3, -0.25) is 9.10 Å². The Labute approximate surface area is 159 Å². The Balaban J connectivity index is 2.27. The molecule has 0 unspecified atom stereocenters. The molecule has 146 valence electrons. The SMILES string of the molecule is C=CCN1c2cc(OC)c(OC)cc2C(C)=C(C(=O)N2CCCC2)S1(=O)=O. The van der Waals surface area contributed by atoms with Gasteiger partial charge < -0.3 is 14.4 Å². The highest BCUT2D eigenvalue weighted by Gasteiger charge is 2.41. The molecule has 0 radical (unpaired) electrons. The highest BCUT2D eigenvalue weighted by Crippen LogP contribution is 2.45. The topological polar surface area (TPSA) is 76.2 Å². The minimum Gasteiger partial charge on any atom is -0.493 e. The van der Waals surface area contributed by atoms with Gasteiger partial charge in [-0.25, -0.2) is 8.42 Å². The van der Waals surface area contributed by atoms with Gasteiger partial charge in [-0.2, -0.15) is 0 Å². The van der Waals surface area contributed by atoms with Gasteiger partial charge in [0, 0.05) is 24.7 Å². The Bertz CT molecular complexity index is 914. The lowest BCUT2D eigenvalue weighted by atomic mass is 10.0. The van der Waals surface area contributed by atoms with Crippen molar-refractivity contribution in [3.05, 3.63) is 35.3 Å². The number of methoxy groups -OCH3 is 2. The van der Waals surface area contributed by atoms with Gasteiger partial charge in [-0.15, -0.1) is 6.58 Å². The van der Waals surface area contributed by atoms with Crippen LogP contribution in [0.15, 0.2) is 29.7 Å². The third kappa shape index (κ3) is 3.07. The molecule has 0 spiro atoms. The fraction of sp³-hybridized carbons (Fsp3) is 0.421. The zero-order valence-corrected chi connectivity index (χ0v) is 16.6. The molecule has 1 amide bonds. The molecule has 3 rings (SSSR count). The van der Waals surface area contributed by atoms with Crippen LogP contribution in [-0.2, 0) is 14.8 Å². The minimum absolute atomic E-state index is 0.0505. The van der Waals surface area contributed by atoms with E-state index >= 15 is 0 Å². The van der Waals surface area contributed by atoms with E-state index in [1.165, 1.54) is 24.6 Å². The Morgan fingerprint density at radius 2 is 1.78 bits per heavy atom. The summed E-state index contributed by atoms with van der Waals surface area (Å²) in [6.07, 6.45) is 3.27. The molecule has 0 atom stereocenters. The lowest BCUT2D eigenvalue weighted by Gasteiger charge is -2.33. The van der Waals surface area contributed by atoms with Crippen molar-refractivity contribution < 1.29 is 22.7 Å². The maximum atomic E-state index is 13.3. The molecule has 2 aliphatic rings. The normalized spacial score (nSPS) is 18.3. The van der Waals surface area contributed by atoms with E-state index in [1.807, 2.05) is 0 Å². The van der Waals surface area contributed by atoms with Crippen LogP contribution in [0.1, 0.15) is 25.3 Å². The van der Waals surface area contributed by atoms with Crippen molar-refractivity contribution in [2.75, 3.05) is 38.2 Å². The Morgan fingerprint density at radius 3 is 2.33 bits per heavy atom. The highest BCUT2D eigenvalue weighted by molar-refractivity contribution is 7.97. The number of rotatable bonds is 5. The van der Waals surface area contributed by atoms with Crippen molar-refractivity contribution in [1.82, 2.24) is 4.90 Å². The predicted octanol–water partition coefficient (Wildman–Crippen LogP) is 2.39. The van der Waals surface area contributed by atoms with Crippen LogP contribution in [0.25, 0.3) is 5.57 Å². The van der Waals surface area contributed by atoms with Crippen LogP contribution in [-0.4, -0.2) is 53.1 Å². The summed E-state index contributed by atoms with van der Waals surface area (Å²) in [4.78, 5) is 14.5. The molecule has 1 aromatic rings. The zero-order chi connectivity index (χ0) is 19.8. The van der Waals surface area contributed by atoms with E-state index in [-0.39, 0.29) is 11.4 Å². The molecule has 0 aliphatic carbocycles. The first-order valence-electron chi connectivity index (χ1n) is 8.77. The number of carbonyl (C=O) groups excluding carboxylic acids is 1. The number of amides is 1. The van der Waals surface area contributed by atoms with Crippen molar-refractivity contribution in [3.63, 3.8) is 0 Å². The van der Waals surface area contributed by atoms with Crippen LogP contribution in [0.3, 0.4) is 0 Å². The molecule has 1 fully saturated rings. The molecule has 0 aromatic heterocycles. The first kappa shape index (κ1) is 19.3. The number of hydrogen-bond acceptors (Lipinski definition) is 5. The number of nitrogens with zero attached hydrogens (tertiary/aromatic N) is 2. The lowest BCUT2D eigenvalue weighted by Crippen LogP contribution is -2.42. The van der Waals surface area contributed by atoms with Crippen LogP contribution in [0.5, 0.6) is 11.5 Å². The summed E-state index contributed by atoms with van der Waals surface area (Å²) in [6.45, 7) is 6.53. The molecule has 1 aromatic carbocycles. The van der Waals surface area contributed by atoms with E-state index in [9.17, 15) is 13.2 Å². The first-order valence-corrected chi connectivity index (χ1v) is 10.2. The van der Waals surface area contributed by atoms with Gasteiger partial charge in [0.15, 0.2) is 16.4 Å². The number of sulfonamides is 1. The number of likely N-dealkylation sites (tertiary alicyclic amines) is 1. The third-order valence-electron chi connectivity index (χ3n) is 4.95. The summed E-state index contributed by atoms with van der Waals surface area (Å²) < 4.78 is 38.5. The standard InChI is InChI=1S/C19H24N2O5S/c1-5-8-21-15-12-17(26-4)16(25-3)11-14(15)13(2)18(27(21,23)24)19(22)20-9-6-7-10-20/h5,11-12H,1,6-10H2,2-4H3. The second kappa shape index (κ2) is 7.26. The van der Waals surface area contributed by atoms with Crippen LogP contribution >= 0.6 is 0 Å². The van der Waals surface area contributed by atoms with Crippen LogP contribution < -0.4 is 13.8 Å². The number of ether oxygens (including phenoxy) is 2. The third-order valence-corrected chi connectivity index (χ3v) is 6.87. The molecule has 0 saturated carbocycles. The zero-order valence-electron chi connectivity index (χ0n) is 15.8. The monoisotopic (exact) mass is 392 g/mol. The lowest BCUT2D eigenvalue weighted by molar-refractivity contribution is -0.125. The van der Waals surface area contributed by atoms with Crippen LogP contribution in [0.2, 0.25) is 0 Å². The molecule has 7 nitrogen and oxygen atoms in total. The molecule has 0 bridgehead atoms. The van der Waals surface area contributed by atoms with Crippen molar-refractivity contribution in [1.29, 1.82) is 0 Å². The average Bonchev–Trinajstić information content (AvgIpc) is 3.18. The first-order chi connectivity index (χ1) is 12.9. The summed E-state index contributed by atoms with van der Waals surface area (Å²) in [6, 6.07) is 3.33. The molecule has 2 aliphatic heterocycles. The number of fused-ring (bicyclic) bond motifs is 1. The number of anilines is 1. The highest BCUT2D eigenvalue weighted by atomic mass is 32.2. The van der Waals surface area contributed by atoms with E-state index in [1.54, 1.807) is 24.0 Å². The molecule has 8 heteroatoms. The van der Waals surface area contributed by atoms with Gasteiger partial charge in [0.25, 0.3) is 15.9 Å². The summed E-state index contributed by atoms with van der Waals surface area (Å²) in [5, 5.41) is 0. The van der Waals surface area contributed by atoms with Crippen molar-refractivity contribution >= 4 is 27.2 Å². The van der Waals surface area contributed by atoms with E-state index in [0.29, 0.717) is 41.4 Å².